The number of hydrogen-bond acceptors (Lipinski definition) is 3. The van der Waals surface area contributed by atoms with E-state index in [2.05, 4.69) is 95.1 Å². The summed E-state index contributed by atoms with van der Waals surface area (Å²) in [7, 11) is -1.79. The summed E-state index contributed by atoms with van der Waals surface area (Å²) in [5.74, 6) is 0.177. The smallest absolute Gasteiger partial charge is 0.186 e. The zero-order valence-corrected chi connectivity index (χ0v) is 22.6. The second-order valence-corrected chi connectivity index (χ2v) is 14.9. The van der Waals surface area contributed by atoms with Crippen molar-refractivity contribution >= 4 is 8.32 Å². The largest absolute Gasteiger partial charge is 0.416 e. The van der Waals surface area contributed by atoms with Crippen molar-refractivity contribution in [2.24, 2.45) is 5.41 Å². The molecule has 0 radical (unpaired) electrons. The fraction of sp³-hybridized carbons (Fsp3) is 0.643. The van der Waals surface area contributed by atoms with Crippen LogP contribution in [-0.4, -0.2) is 49.7 Å². The second-order valence-electron chi connectivity index (χ2n) is 10.6. The maximum absolute atomic E-state index is 11.4. The predicted octanol–water partition coefficient (Wildman–Crippen LogP) is 6.77. The molecule has 0 fully saturated rings. The number of aliphatic hydroxyl groups excluding tert-OH is 1. The highest BCUT2D eigenvalue weighted by Gasteiger charge is 2.45. The van der Waals surface area contributed by atoms with Crippen LogP contribution < -0.4 is 0 Å². The number of unbranched alkanes of at least 4 members (excludes halogenated alkanes) is 1. The first-order valence-electron chi connectivity index (χ1n) is 12.6. The highest BCUT2D eigenvalue weighted by atomic mass is 28.4. The number of allylic oxidation sites excluding steroid dienone is 2. The molecule has 0 heterocycles. The van der Waals surface area contributed by atoms with Gasteiger partial charge in [0.2, 0.25) is 0 Å². The number of benzene rings is 1. The number of aliphatic hydroxyl groups is 1. The van der Waals surface area contributed by atoms with Gasteiger partial charge >= 0.3 is 0 Å². The molecule has 180 valence electrons. The molecule has 4 heteroatoms. The molecule has 1 aliphatic rings. The summed E-state index contributed by atoms with van der Waals surface area (Å²) in [4.78, 5) is 2.55. The summed E-state index contributed by atoms with van der Waals surface area (Å²) in [6.07, 6.45) is 11.1. The SMILES string of the molecule is CCCC[Si](C)(C)OCC1(C(CCN(C(C)C)C(C)C)c2ccccc2)C=CC=CC1O. The average Bonchev–Trinajstić information content (AvgIpc) is 2.75. The summed E-state index contributed by atoms with van der Waals surface area (Å²) in [6.45, 7) is 17.5. The minimum atomic E-state index is -1.79. The molecule has 0 saturated carbocycles. The van der Waals surface area contributed by atoms with E-state index in [0.717, 1.165) is 13.0 Å². The van der Waals surface area contributed by atoms with Crippen molar-refractivity contribution in [2.75, 3.05) is 13.2 Å². The average molecular weight is 458 g/mol. The topological polar surface area (TPSA) is 32.7 Å². The van der Waals surface area contributed by atoms with Crippen LogP contribution in [0.3, 0.4) is 0 Å². The molecule has 0 saturated heterocycles. The Bertz CT molecular complexity index is 720. The van der Waals surface area contributed by atoms with Crippen molar-refractivity contribution in [3.8, 4) is 0 Å². The Balaban J connectivity index is 2.39. The van der Waals surface area contributed by atoms with Crippen LogP contribution in [-0.2, 0) is 4.43 Å². The third kappa shape index (κ3) is 7.15. The van der Waals surface area contributed by atoms with E-state index < -0.39 is 19.8 Å². The second kappa shape index (κ2) is 12.3. The molecule has 0 amide bonds. The summed E-state index contributed by atoms with van der Waals surface area (Å²) in [5.41, 5.74) is 0.835. The highest BCUT2D eigenvalue weighted by Crippen LogP contribution is 2.46. The first-order chi connectivity index (χ1) is 15.1. The third-order valence-electron chi connectivity index (χ3n) is 7.06. The van der Waals surface area contributed by atoms with Gasteiger partial charge in [0.1, 0.15) is 0 Å². The van der Waals surface area contributed by atoms with Gasteiger partial charge in [0, 0.05) is 24.1 Å². The van der Waals surface area contributed by atoms with E-state index >= 15 is 0 Å². The molecule has 2 rings (SSSR count). The zero-order chi connectivity index (χ0) is 23.8. The lowest BCUT2D eigenvalue weighted by atomic mass is 9.66. The number of rotatable bonds is 13. The summed E-state index contributed by atoms with van der Waals surface area (Å²) < 4.78 is 6.73. The molecular weight excluding hydrogens is 410 g/mol. The van der Waals surface area contributed by atoms with Gasteiger partial charge in [0.05, 0.1) is 6.10 Å². The van der Waals surface area contributed by atoms with Crippen molar-refractivity contribution in [3.63, 3.8) is 0 Å². The van der Waals surface area contributed by atoms with Gasteiger partial charge in [-0.2, -0.15) is 0 Å². The molecule has 0 aromatic heterocycles. The molecule has 0 spiro atoms. The quantitative estimate of drug-likeness (QED) is 0.332. The van der Waals surface area contributed by atoms with E-state index in [1.807, 2.05) is 12.2 Å². The molecule has 0 bridgehead atoms. The monoisotopic (exact) mass is 457 g/mol. The Morgan fingerprint density at radius 3 is 2.28 bits per heavy atom. The van der Waals surface area contributed by atoms with Gasteiger partial charge in [-0.1, -0.05) is 74.4 Å². The molecule has 32 heavy (non-hydrogen) atoms. The van der Waals surface area contributed by atoms with E-state index in [4.69, 9.17) is 4.43 Å². The molecule has 1 aromatic carbocycles. The Kier molecular flexibility index (Phi) is 10.4. The molecule has 0 aliphatic heterocycles. The van der Waals surface area contributed by atoms with Crippen molar-refractivity contribution in [1.29, 1.82) is 0 Å². The van der Waals surface area contributed by atoms with Gasteiger partial charge in [-0.3, -0.25) is 4.90 Å². The third-order valence-corrected chi connectivity index (χ3v) is 9.54. The Morgan fingerprint density at radius 2 is 1.72 bits per heavy atom. The Morgan fingerprint density at radius 1 is 1.06 bits per heavy atom. The fourth-order valence-electron chi connectivity index (χ4n) is 5.06. The Hall–Kier alpha value is -1.20. The van der Waals surface area contributed by atoms with Crippen LogP contribution in [0.1, 0.15) is 65.4 Å². The number of hydrogen-bond donors (Lipinski definition) is 1. The van der Waals surface area contributed by atoms with E-state index in [1.54, 1.807) is 0 Å². The lowest BCUT2D eigenvalue weighted by molar-refractivity contribution is 0.0227. The van der Waals surface area contributed by atoms with Gasteiger partial charge in [-0.25, -0.2) is 0 Å². The van der Waals surface area contributed by atoms with Gasteiger partial charge in [-0.05, 0) is 71.3 Å². The van der Waals surface area contributed by atoms with Crippen LogP contribution in [0.4, 0.5) is 0 Å². The Labute approximate surface area is 198 Å². The van der Waals surface area contributed by atoms with E-state index in [0.29, 0.717) is 18.7 Å². The van der Waals surface area contributed by atoms with Crippen LogP contribution in [0.25, 0.3) is 0 Å². The zero-order valence-electron chi connectivity index (χ0n) is 21.6. The summed E-state index contributed by atoms with van der Waals surface area (Å²) in [5, 5.41) is 11.4. The predicted molar refractivity (Wildman–Crippen MR) is 141 cm³/mol. The molecule has 3 unspecified atom stereocenters. The maximum Gasteiger partial charge on any atom is 0.186 e. The standard InChI is InChI=1S/C28H47NO2Si/c1-8-9-21-32(6,7)31-22-28(19-14-13-17-27(28)30)26(25-15-11-10-12-16-25)18-20-29(23(2)3)24(4)5/h10-17,19,23-24,26-27,30H,8-9,18,20-22H2,1-7H3. The molecule has 1 aliphatic carbocycles. The molecule has 1 aromatic rings. The first-order valence-corrected chi connectivity index (χ1v) is 15.7. The molecule has 3 nitrogen and oxygen atoms in total. The fourth-order valence-corrected chi connectivity index (χ4v) is 7.05. The minimum Gasteiger partial charge on any atom is -0.416 e. The van der Waals surface area contributed by atoms with Crippen LogP contribution in [0.15, 0.2) is 54.6 Å². The summed E-state index contributed by atoms with van der Waals surface area (Å²) in [6, 6.07) is 12.9. The maximum atomic E-state index is 11.4. The van der Waals surface area contributed by atoms with Crippen LogP contribution in [0.5, 0.6) is 0 Å². The van der Waals surface area contributed by atoms with Gasteiger partial charge < -0.3 is 9.53 Å². The van der Waals surface area contributed by atoms with Crippen LogP contribution in [0, 0.1) is 5.41 Å². The lowest BCUT2D eigenvalue weighted by Crippen LogP contribution is -2.48. The van der Waals surface area contributed by atoms with Crippen LogP contribution >= 0.6 is 0 Å². The van der Waals surface area contributed by atoms with Crippen molar-refractivity contribution in [1.82, 2.24) is 4.90 Å². The first kappa shape index (κ1) is 27.0. The molecular formula is C28H47NO2Si. The van der Waals surface area contributed by atoms with Gasteiger partial charge in [-0.15, -0.1) is 0 Å². The molecule has 1 N–H and O–H groups in total. The van der Waals surface area contributed by atoms with Gasteiger partial charge in [0.25, 0.3) is 0 Å². The van der Waals surface area contributed by atoms with E-state index in [-0.39, 0.29) is 5.92 Å². The highest BCUT2D eigenvalue weighted by molar-refractivity contribution is 6.71. The van der Waals surface area contributed by atoms with E-state index in [9.17, 15) is 5.11 Å². The molecule has 3 atom stereocenters. The van der Waals surface area contributed by atoms with Crippen molar-refractivity contribution in [3.05, 3.63) is 60.2 Å². The minimum absolute atomic E-state index is 0.177. The summed E-state index contributed by atoms with van der Waals surface area (Å²) >= 11 is 0. The lowest BCUT2D eigenvalue weighted by Gasteiger charge is -2.45. The normalized spacial score (nSPS) is 22.3. The van der Waals surface area contributed by atoms with Crippen LogP contribution in [0.2, 0.25) is 19.1 Å². The van der Waals surface area contributed by atoms with Gasteiger partial charge in [0.15, 0.2) is 8.32 Å². The van der Waals surface area contributed by atoms with Crippen molar-refractivity contribution < 1.29 is 9.53 Å². The van der Waals surface area contributed by atoms with E-state index in [1.165, 1.54) is 24.4 Å². The van der Waals surface area contributed by atoms with Crippen molar-refractivity contribution in [2.45, 2.75) is 97.1 Å². The number of nitrogens with zero attached hydrogens (tertiary/aromatic N) is 1.